The predicted octanol–water partition coefficient (Wildman–Crippen LogP) is 3.70. The molecule has 0 radical (unpaired) electrons. The molecule has 0 aromatic heterocycles. The Hall–Kier alpha value is -3.08. The van der Waals surface area contributed by atoms with Crippen LogP contribution in [0.25, 0.3) is 6.08 Å². The first kappa shape index (κ1) is 17.7. The quantitative estimate of drug-likeness (QED) is 0.606. The maximum atomic E-state index is 12.7. The van der Waals surface area contributed by atoms with Gasteiger partial charge in [-0.05, 0) is 17.2 Å². The molecule has 0 aliphatic carbocycles. The molecule has 1 aliphatic rings. The average Bonchev–Trinajstić information content (AvgIpc) is 2.99. The number of carbonyl (C=O) groups is 2. The van der Waals surface area contributed by atoms with Crippen molar-refractivity contribution in [2.45, 2.75) is 26.2 Å². The molecule has 0 bridgehead atoms. The normalized spacial score (nSPS) is 20.7. The molecule has 0 amide bonds. The summed E-state index contributed by atoms with van der Waals surface area (Å²) in [4.78, 5) is 24.9. The second kappa shape index (κ2) is 7.44. The van der Waals surface area contributed by atoms with Crippen molar-refractivity contribution in [2.24, 2.45) is 5.92 Å². The van der Waals surface area contributed by atoms with E-state index in [4.69, 9.17) is 14.2 Å². The van der Waals surface area contributed by atoms with E-state index in [0.717, 1.165) is 11.1 Å². The first-order valence-corrected chi connectivity index (χ1v) is 8.41. The summed E-state index contributed by atoms with van der Waals surface area (Å²) in [7, 11) is 0. The topological polar surface area (TPSA) is 61.8 Å². The lowest BCUT2D eigenvalue weighted by Crippen LogP contribution is -2.46. The molecule has 1 fully saturated rings. The largest absolute Gasteiger partial charge is 0.455 e. The second-order valence-electron chi connectivity index (χ2n) is 6.29. The minimum atomic E-state index is -1.77. The Labute approximate surface area is 152 Å². The molecular formula is C21H20O5. The zero-order chi connectivity index (χ0) is 18.6. The number of rotatable bonds is 5. The first-order valence-electron chi connectivity index (χ1n) is 8.41. The van der Waals surface area contributed by atoms with Crippen LogP contribution in [-0.4, -0.2) is 17.7 Å². The van der Waals surface area contributed by atoms with Gasteiger partial charge in [0.1, 0.15) is 6.61 Å². The zero-order valence-electron chi connectivity index (χ0n) is 14.7. The van der Waals surface area contributed by atoms with Gasteiger partial charge >= 0.3 is 17.7 Å². The highest BCUT2D eigenvalue weighted by atomic mass is 16.8. The van der Waals surface area contributed by atoms with Crippen LogP contribution in [0, 0.1) is 5.92 Å². The second-order valence-corrected chi connectivity index (χ2v) is 6.29. The molecule has 1 heterocycles. The van der Waals surface area contributed by atoms with Crippen LogP contribution >= 0.6 is 0 Å². The molecule has 5 nitrogen and oxygen atoms in total. The maximum absolute atomic E-state index is 12.7. The van der Waals surface area contributed by atoms with E-state index in [1.807, 2.05) is 60.7 Å². The van der Waals surface area contributed by atoms with Crippen molar-refractivity contribution >= 4 is 18.0 Å². The number of benzene rings is 2. The van der Waals surface area contributed by atoms with E-state index in [9.17, 15) is 9.59 Å². The molecule has 0 unspecified atom stereocenters. The van der Waals surface area contributed by atoms with Gasteiger partial charge in [-0.2, -0.15) is 0 Å². The molecule has 1 saturated heterocycles. The molecule has 26 heavy (non-hydrogen) atoms. The van der Waals surface area contributed by atoms with Gasteiger partial charge < -0.3 is 14.2 Å². The fourth-order valence-electron chi connectivity index (χ4n) is 2.58. The summed E-state index contributed by atoms with van der Waals surface area (Å²) in [5.41, 5.74) is 1.61. The number of esters is 2. The molecule has 134 valence electrons. The molecule has 0 N–H and O–H groups in total. The molecular weight excluding hydrogens is 332 g/mol. The number of hydrogen-bond acceptors (Lipinski definition) is 5. The molecule has 2 aromatic rings. The fraction of sp³-hybridized carbons (Fsp3) is 0.238. The van der Waals surface area contributed by atoms with Gasteiger partial charge in [-0.25, -0.2) is 9.59 Å². The van der Waals surface area contributed by atoms with Crippen molar-refractivity contribution in [1.29, 1.82) is 0 Å². The van der Waals surface area contributed by atoms with Crippen molar-refractivity contribution in [3.05, 3.63) is 77.5 Å². The molecule has 2 aromatic carbocycles. The zero-order valence-corrected chi connectivity index (χ0v) is 14.7. The standard InChI is InChI=1S/C21H20O5/c1-15(2)21(20(23)24-14-17-11-7-4-8-12-17)25-18(19(22)26-21)13-16-9-5-3-6-10-16/h3-13,15H,14H2,1-2H3/b18-13-/t21-/m0/s1. The van der Waals surface area contributed by atoms with Crippen LogP contribution < -0.4 is 0 Å². The third-order valence-corrected chi connectivity index (χ3v) is 4.06. The van der Waals surface area contributed by atoms with Crippen LogP contribution in [0.3, 0.4) is 0 Å². The van der Waals surface area contributed by atoms with E-state index in [1.54, 1.807) is 19.9 Å². The lowest BCUT2D eigenvalue weighted by atomic mass is 10.0. The molecule has 1 atom stereocenters. The first-order chi connectivity index (χ1) is 12.5. The lowest BCUT2D eigenvalue weighted by molar-refractivity contribution is -0.218. The number of hydrogen-bond donors (Lipinski definition) is 0. The average molecular weight is 352 g/mol. The summed E-state index contributed by atoms with van der Waals surface area (Å²) in [5, 5.41) is 0. The summed E-state index contributed by atoms with van der Waals surface area (Å²) in [6.45, 7) is 3.55. The highest BCUT2D eigenvalue weighted by Crippen LogP contribution is 2.36. The van der Waals surface area contributed by atoms with E-state index < -0.39 is 23.6 Å². The lowest BCUT2D eigenvalue weighted by Gasteiger charge is -2.27. The van der Waals surface area contributed by atoms with Crippen LogP contribution in [0.2, 0.25) is 0 Å². The van der Waals surface area contributed by atoms with Crippen molar-refractivity contribution in [3.63, 3.8) is 0 Å². The van der Waals surface area contributed by atoms with Crippen molar-refractivity contribution in [3.8, 4) is 0 Å². The van der Waals surface area contributed by atoms with E-state index in [-0.39, 0.29) is 12.4 Å². The van der Waals surface area contributed by atoms with Crippen LogP contribution in [-0.2, 0) is 30.4 Å². The van der Waals surface area contributed by atoms with Gasteiger partial charge in [-0.15, -0.1) is 0 Å². The fourth-order valence-corrected chi connectivity index (χ4v) is 2.58. The maximum Gasteiger partial charge on any atom is 0.393 e. The summed E-state index contributed by atoms with van der Waals surface area (Å²) in [6.07, 6.45) is 1.55. The highest BCUT2D eigenvalue weighted by Gasteiger charge is 2.56. The Kier molecular flexibility index (Phi) is 5.07. The SMILES string of the molecule is CC(C)[C@@]1(C(=O)OCc2ccccc2)OC(=O)/C(=C/c2ccccc2)O1. The van der Waals surface area contributed by atoms with Crippen molar-refractivity contribution in [2.75, 3.05) is 0 Å². The van der Waals surface area contributed by atoms with Crippen molar-refractivity contribution < 1.29 is 23.8 Å². The van der Waals surface area contributed by atoms with Gasteiger partial charge in [0, 0.05) is 5.92 Å². The van der Waals surface area contributed by atoms with Gasteiger partial charge in [0.15, 0.2) is 0 Å². The van der Waals surface area contributed by atoms with Gasteiger partial charge in [0.25, 0.3) is 0 Å². The van der Waals surface area contributed by atoms with Gasteiger partial charge in [-0.3, -0.25) is 0 Å². The Morgan fingerprint density at radius 1 is 1.04 bits per heavy atom. The predicted molar refractivity (Wildman–Crippen MR) is 95.4 cm³/mol. The van der Waals surface area contributed by atoms with Crippen LogP contribution in [0.15, 0.2) is 66.4 Å². The molecule has 0 spiro atoms. The third-order valence-electron chi connectivity index (χ3n) is 4.06. The van der Waals surface area contributed by atoms with Crippen LogP contribution in [0.5, 0.6) is 0 Å². The summed E-state index contributed by atoms with van der Waals surface area (Å²) < 4.78 is 16.4. The van der Waals surface area contributed by atoms with Gasteiger partial charge in [0.05, 0.1) is 0 Å². The third kappa shape index (κ3) is 3.61. The van der Waals surface area contributed by atoms with Crippen molar-refractivity contribution in [1.82, 2.24) is 0 Å². The Morgan fingerprint density at radius 3 is 2.27 bits per heavy atom. The Bertz CT molecular complexity index is 811. The van der Waals surface area contributed by atoms with Crippen LogP contribution in [0.4, 0.5) is 0 Å². The van der Waals surface area contributed by atoms with Crippen LogP contribution in [0.1, 0.15) is 25.0 Å². The number of carbonyl (C=O) groups excluding carboxylic acids is 2. The molecule has 1 aliphatic heterocycles. The summed E-state index contributed by atoms with van der Waals surface area (Å²) >= 11 is 0. The van der Waals surface area contributed by atoms with Gasteiger partial charge in [0.2, 0.25) is 5.76 Å². The smallest absolute Gasteiger partial charge is 0.393 e. The minimum Gasteiger partial charge on any atom is -0.455 e. The Morgan fingerprint density at radius 2 is 1.65 bits per heavy atom. The molecule has 3 rings (SSSR count). The van der Waals surface area contributed by atoms with E-state index in [0.29, 0.717) is 0 Å². The Balaban J connectivity index is 1.79. The summed E-state index contributed by atoms with van der Waals surface area (Å²) in [6, 6.07) is 18.5. The number of cyclic esters (lactones) is 1. The van der Waals surface area contributed by atoms with Gasteiger partial charge in [-0.1, -0.05) is 74.5 Å². The minimum absolute atomic E-state index is 0.0124. The van der Waals surface area contributed by atoms with E-state index in [2.05, 4.69) is 0 Å². The molecule has 5 heteroatoms. The highest BCUT2D eigenvalue weighted by molar-refractivity contribution is 5.97. The summed E-state index contributed by atoms with van der Waals surface area (Å²) in [5.74, 6) is -3.61. The van der Waals surface area contributed by atoms with E-state index >= 15 is 0 Å². The monoisotopic (exact) mass is 352 g/mol. The van der Waals surface area contributed by atoms with E-state index in [1.165, 1.54) is 0 Å². The number of ether oxygens (including phenoxy) is 3. The molecule has 0 saturated carbocycles.